The number of thiazole rings is 1. The number of aliphatic hydroxyl groups is 1. The molecule has 0 saturated carbocycles. The molecule has 0 amide bonds. The molecule has 4 rings (SSSR count). The topological polar surface area (TPSA) is 76.5 Å². The minimum absolute atomic E-state index is 0.460. The lowest BCUT2D eigenvalue weighted by molar-refractivity contribution is 0.0319. The number of benzene rings is 1. The molecule has 3 heterocycles. The van der Waals surface area contributed by atoms with E-state index in [9.17, 15) is 5.11 Å². The smallest absolute Gasteiger partial charge is 0.226 e. The van der Waals surface area contributed by atoms with Gasteiger partial charge in [0.1, 0.15) is 5.75 Å². The molecule has 1 atom stereocenters. The van der Waals surface area contributed by atoms with E-state index < -0.39 is 6.29 Å². The number of anilines is 2. The minimum Gasteiger partial charge on any atom is -0.493 e. The van der Waals surface area contributed by atoms with Gasteiger partial charge in [-0.1, -0.05) is 23.7 Å². The molecule has 1 aromatic carbocycles. The largest absolute Gasteiger partial charge is 0.493 e. The summed E-state index contributed by atoms with van der Waals surface area (Å²) in [6, 6.07) is 7.23. The van der Waals surface area contributed by atoms with Crippen LogP contribution in [0.4, 0.5) is 10.8 Å². The summed E-state index contributed by atoms with van der Waals surface area (Å²) in [6.45, 7) is 0. The zero-order valence-electron chi connectivity index (χ0n) is 13.6. The quantitative estimate of drug-likeness (QED) is 0.698. The summed E-state index contributed by atoms with van der Waals surface area (Å²) in [7, 11) is 1.58. The van der Waals surface area contributed by atoms with Crippen LogP contribution < -0.4 is 14.8 Å². The van der Waals surface area contributed by atoms with E-state index in [0.717, 1.165) is 11.3 Å². The molecule has 0 bridgehead atoms. The number of hydrogen-bond donors (Lipinski definition) is 2. The van der Waals surface area contributed by atoms with E-state index in [4.69, 9.17) is 21.1 Å². The number of fused-ring (bicyclic) bond motifs is 1. The fraction of sp³-hybridized carbons (Fsp3) is 0.111. The van der Waals surface area contributed by atoms with Gasteiger partial charge >= 0.3 is 0 Å². The lowest BCUT2D eigenvalue weighted by Gasteiger charge is -2.23. The monoisotopic (exact) mass is 387 g/mol. The molecular formula is C18H14ClN3O3S. The predicted molar refractivity (Wildman–Crippen MR) is 102 cm³/mol. The standard InChI is InChI=1S/C18H14ClN3O3S/c1-24-15-8-20-6-5-13(15)21-18-22-14(9-26-18)11-7-10-3-2-4-12(19)16(10)25-17(11)23/h2-9,17,23H,1H3,(H,20,21,22). The summed E-state index contributed by atoms with van der Waals surface area (Å²) in [5, 5.41) is 16.5. The highest BCUT2D eigenvalue weighted by Gasteiger charge is 2.25. The molecule has 3 aromatic rings. The summed E-state index contributed by atoms with van der Waals surface area (Å²) < 4.78 is 10.8. The van der Waals surface area contributed by atoms with Gasteiger partial charge in [0.25, 0.3) is 0 Å². The molecule has 0 aliphatic carbocycles. The van der Waals surface area contributed by atoms with Gasteiger partial charge in [0.15, 0.2) is 10.9 Å². The van der Waals surface area contributed by atoms with Crippen molar-refractivity contribution in [1.29, 1.82) is 0 Å². The van der Waals surface area contributed by atoms with Crippen LogP contribution in [0.1, 0.15) is 11.3 Å². The third-order valence-corrected chi connectivity index (χ3v) is 4.91. The molecule has 0 saturated heterocycles. The van der Waals surface area contributed by atoms with Crippen molar-refractivity contribution in [1.82, 2.24) is 9.97 Å². The van der Waals surface area contributed by atoms with Crippen molar-refractivity contribution < 1.29 is 14.6 Å². The van der Waals surface area contributed by atoms with E-state index in [2.05, 4.69) is 15.3 Å². The number of pyridine rings is 1. The van der Waals surface area contributed by atoms with Crippen molar-refractivity contribution in [2.45, 2.75) is 6.29 Å². The number of ether oxygens (including phenoxy) is 2. The molecular weight excluding hydrogens is 374 g/mol. The Labute approximate surface area is 158 Å². The number of nitrogens with one attached hydrogen (secondary N) is 1. The molecule has 6 nitrogen and oxygen atoms in total. The van der Waals surface area contributed by atoms with Crippen LogP contribution in [-0.2, 0) is 0 Å². The van der Waals surface area contributed by atoms with Gasteiger partial charge in [-0.2, -0.15) is 0 Å². The van der Waals surface area contributed by atoms with Crippen molar-refractivity contribution >= 4 is 45.4 Å². The summed E-state index contributed by atoms with van der Waals surface area (Å²) in [5.74, 6) is 1.09. The molecule has 26 heavy (non-hydrogen) atoms. The third kappa shape index (κ3) is 3.12. The number of methoxy groups -OCH3 is 1. The lowest BCUT2D eigenvalue weighted by Crippen LogP contribution is -2.21. The number of hydrogen-bond acceptors (Lipinski definition) is 7. The molecule has 8 heteroatoms. The average molecular weight is 388 g/mol. The van der Waals surface area contributed by atoms with Crippen LogP contribution in [0.3, 0.4) is 0 Å². The normalized spacial score (nSPS) is 15.7. The second kappa shape index (κ2) is 6.95. The van der Waals surface area contributed by atoms with Crippen molar-refractivity contribution in [3.8, 4) is 11.5 Å². The zero-order valence-corrected chi connectivity index (χ0v) is 15.2. The number of halogens is 1. The third-order valence-electron chi connectivity index (χ3n) is 3.85. The fourth-order valence-electron chi connectivity index (χ4n) is 2.60. The average Bonchev–Trinajstić information content (AvgIpc) is 3.11. The van der Waals surface area contributed by atoms with E-state index in [1.165, 1.54) is 11.3 Å². The number of aromatic nitrogens is 2. The number of aliphatic hydroxyl groups excluding tert-OH is 1. The van der Waals surface area contributed by atoms with E-state index in [-0.39, 0.29) is 0 Å². The summed E-state index contributed by atoms with van der Waals surface area (Å²) >= 11 is 7.53. The first-order chi connectivity index (χ1) is 12.7. The second-order valence-corrected chi connectivity index (χ2v) is 6.73. The molecule has 0 fully saturated rings. The summed E-state index contributed by atoms with van der Waals surface area (Å²) in [4.78, 5) is 8.56. The van der Waals surface area contributed by atoms with E-state index in [0.29, 0.717) is 32.9 Å². The number of rotatable bonds is 4. The molecule has 132 valence electrons. The predicted octanol–water partition coefficient (Wildman–Crippen LogP) is 4.20. The van der Waals surface area contributed by atoms with Crippen LogP contribution in [0.25, 0.3) is 11.6 Å². The van der Waals surface area contributed by atoms with Crippen molar-refractivity contribution in [2.75, 3.05) is 12.4 Å². The first kappa shape index (κ1) is 16.8. The second-order valence-electron chi connectivity index (χ2n) is 5.47. The van der Waals surface area contributed by atoms with E-state index >= 15 is 0 Å². The van der Waals surface area contributed by atoms with Crippen LogP contribution in [0, 0.1) is 0 Å². The fourth-order valence-corrected chi connectivity index (χ4v) is 3.56. The number of para-hydroxylation sites is 1. The van der Waals surface area contributed by atoms with Crippen LogP contribution in [0.2, 0.25) is 5.02 Å². The summed E-state index contributed by atoms with van der Waals surface area (Å²) in [5.41, 5.74) is 2.76. The Morgan fingerprint density at radius 3 is 3.08 bits per heavy atom. The van der Waals surface area contributed by atoms with Crippen LogP contribution in [0.5, 0.6) is 11.5 Å². The SMILES string of the molecule is COc1cnccc1Nc1nc(C2=Cc3cccc(Cl)c3OC2O)cs1. The maximum Gasteiger partial charge on any atom is 0.226 e. The Balaban J connectivity index is 1.64. The lowest BCUT2D eigenvalue weighted by atomic mass is 10.0. The van der Waals surface area contributed by atoms with Gasteiger partial charge in [-0.3, -0.25) is 4.98 Å². The molecule has 2 N–H and O–H groups in total. The highest BCUT2D eigenvalue weighted by molar-refractivity contribution is 7.13. The van der Waals surface area contributed by atoms with Crippen molar-refractivity contribution in [3.63, 3.8) is 0 Å². The molecule has 2 aromatic heterocycles. The highest BCUT2D eigenvalue weighted by Crippen LogP contribution is 2.39. The Bertz CT molecular complexity index is 989. The van der Waals surface area contributed by atoms with Crippen LogP contribution in [0.15, 0.2) is 42.0 Å². The zero-order chi connectivity index (χ0) is 18.1. The van der Waals surface area contributed by atoms with Crippen molar-refractivity contribution in [2.24, 2.45) is 0 Å². The van der Waals surface area contributed by atoms with E-state index in [1.54, 1.807) is 31.6 Å². The van der Waals surface area contributed by atoms with Crippen LogP contribution >= 0.6 is 22.9 Å². The molecule has 1 unspecified atom stereocenters. The maximum atomic E-state index is 10.3. The van der Waals surface area contributed by atoms with Gasteiger partial charge in [0, 0.05) is 22.7 Å². The van der Waals surface area contributed by atoms with Gasteiger partial charge in [0.2, 0.25) is 6.29 Å². The summed E-state index contributed by atoms with van der Waals surface area (Å²) in [6.07, 6.45) is 3.99. The Morgan fingerprint density at radius 1 is 1.35 bits per heavy atom. The van der Waals surface area contributed by atoms with E-state index in [1.807, 2.05) is 23.6 Å². The molecule has 1 aliphatic rings. The van der Waals surface area contributed by atoms with Gasteiger partial charge in [-0.05, 0) is 18.2 Å². The van der Waals surface area contributed by atoms with Gasteiger partial charge in [-0.15, -0.1) is 11.3 Å². The van der Waals surface area contributed by atoms with Crippen LogP contribution in [-0.4, -0.2) is 28.5 Å². The number of nitrogens with zero attached hydrogens (tertiary/aromatic N) is 2. The Kier molecular flexibility index (Phi) is 4.50. The minimum atomic E-state index is -1.13. The first-order valence-electron chi connectivity index (χ1n) is 7.71. The molecule has 1 aliphatic heterocycles. The molecule has 0 spiro atoms. The Hall–Kier alpha value is -2.61. The molecule has 0 radical (unpaired) electrons. The Morgan fingerprint density at radius 2 is 2.23 bits per heavy atom. The maximum absolute atomic E-state index is 10.3. The first-order valence-corrected chi connectivity index (χ1v) is 8.97. The van der Waals surface area contributed by atoms with Gasteiger partial charge in [-0.25, -0.2) is 4.98 Å². The highest BCUT2D eigenvalue weighted by atomic mass is 35.5. The van der Waals surface area contributed by atoms with Gasteiger partial charge < -0.3 is 19.9 Å². The van der Waals surface area contributed by atoms with Gasteiger partial charge in [0.05, 0.1) is 29.7 Å². The van der Waals surface area contributed by atoms with Crippen molar-refractivity contribution in [3.05, 3.63) is 58.3 Å².